The summed E-state index contributed by atoms with van der Waals surface area (Å²) in [4.78, 5) is 0.726. The van der Waals surface area contributed by atoms with Gasteiger partial charge in [-0.3, -0.25) is 4.68 Å². The monoisotopic (exact) mass is 270 g/mol. The van der Waals surface area contributed by atoms with Crippen LogP contribution in [0.3, 0.4) is 0 Å². The van der Waals surface area contributed by atoms with Gasteiger partial charge >= 0.3 is 0 Å². The molecule has 1 aromatic heterocycles. The molecule has 0 aromatic carbocycles. The van der Waals surface area contributed by atoms with Crippen molar-refractivity contribution in [2.24, 2.45) is 11.8 Å². The second-order valence-electron chi connectivity index (χ2n) is 4.62. The van der Waals surface area contributed by atoms with Crippen molar-refractivity contribution in [1.29, 1.82) is 0 Å². The molecule has 3 heteroatoms. The summed E-state index contributed by atoms with van der Waals surface area (Å²) in [7, 11) is 0. The molecule has 0 N–H and O–H groups in total. The van der Waals surface area contributed by atoms with Crippen LogP contribution in [0.2, 0.25) is 0 Å². The van der Waals surface area contributed by atoms with Crippen molar-refractivity contribution in [1.82, 2.24) is 9.78 Å². The molecule has 1 aliphatic rings. The van der Waals surface area contributed by atoms with Gasteiger partial charge in [-0.15, -0.1) is 0 Å². The molecule has 2 nitrogen and oxygen atoms in total. The summed E-state index contributed by atoms with van der Waals surface area (Å²) in [6.07, 6.45) is 8.09. The van der Waals surface area contributed by atoms with Crippen LogP contribution in [0.4, 0.5) is 0 Å². The number of hydrogen-bond donors (Lipinski definition) is 0. The normalized spacial score (nSPS) is 31.0. The van der Waals surface area contributed by atoms with Crippen molar-refractivity contribution in [3.63, 3.8) is 0 Å². The Morgan fingerprint density at radius 2 is 2.33 bits per heavy atom. The summed E-state index contributed by atoms with van der Waals surface area (Å²) >= 11 is 3.76. The first-order valence-corrected chi connectivity index (χ1v) is 6.77. The van der Waals surface area contributed by atoms with E-state index in [9.17, 15) is 0 Å². The molecule has 1 saturated carbocycles. The van der Waals surface area contributed by atoms with E-state index in [-0.39, 0.29) is 0 Å². The summed E-state index contributed by atoms with van der Waals surface area (Å²) in [6.45, 7) is 5.46. The van der Waals surface area contributed by atoms with E-state index in [0.717, 1.165) is 23.2 Å². The number of hydrogen-bond acceptors (Lipinski definition) is 1. The fourth-order valence-corrected chi connectivity index (χ4v) is 3.17. The summed E-state index contributed by atoms with van der Waals surface area (Å²) in [5.41, 5.74) is 1.40. The highest BCUT2D eigenvalue weighted by molar-refractivity contribution is 9.09. The second kappa shape index (κ2) is 4.69. The second-order valence-corrected chi connectivity index (χ2v) is 5.80. The Morgan fingerprint density at radius 3 is 2.87 bits per heavy atom. The average Bonchev–Trinajstić information content (AvgIpc) is 2.80. The SMILES string of the molecule is CCn1cc(CC2CCC(Br)C2C)cn1. The van der Waals surface area contributed by atoms with Crippen molar-refractivity contribution in [2.75, 3.05) is 0 Å². The number of aryl methyl sites for hydroxylation is 1. The molecule has 84 valence electrons. The Balaban J connectivity index is 1.97. The van der Waals surface area contributed by atoms with Crippen LogP contribution in [-0.4, -0.2) is 14.6 Å². The average molecular weight is 271 g/mol. The van der Waals surface area contributed by atoms with Gasteiger partial charge in [-0.25, -0.2) is 0 Å². The Labute approximate surface area is 100 Å². The fourth-order valence-electron chi connectivity index (χ4n) is 2.47. The Hall–Kier alpha value is -0.310. The van der Waals surface area contributed by atoms with Crippen molar-refractivity contribution < 1.29 is 0 Å². The fraction of sp³-hybridized carbons (Fsp3) is 0.750. The van der Waals surface area contributed by atoms with Gasteiger partial charge in [0.15, 0.2) is 0 Å². The molecule has 1 fully saturated rings. The van der Waals surface area contributed by atoms with Crippen molar-refractivity contribution >= 4 is 15.9 Å². The van der Waals surface area contributed by atoms with E-state index in [0.29, 0.717) is 0 Å². The maximum absolute atomic E-state index is 4.33. The maximum atomic E-state index is 4.33. The van der Waals surface area contributed by atoms with E-state index in [4.69, 9.17) is 0 Å². The summed E-state index contributed by atoms with van der Waals surface area (Å²) in [5, 5.41) is 4.33. The Bertz CT molecular complexity index is 321. The third-order valence-electron chi connectivity index (χ3n) is 3.64. The van der Waals surface area contributed by atoms with Gasteiger partial charge < -0.3 is 0 Å². The largest absolute Gasteiger partial charge is 0.273 e. The molecule has 0 spiro atoms. The van der Waals surface area contributed by atoms with Crippen LogP contribution in [-0.2, 0) is 13.0 Å². The highest BCUT2D eigenvalue weighted by Gasteiger charge is 2.30. The lowest BCUT2D eigenvalue weighted by molar-refractivity contribution is 0.423. The number of alkyl halides is 1. The lowest BCUT2D eigenvalue weighted by atomic mass is 9.92. The minimum atomic E-state index is 0.726. The predicted molar refractivity (Wildman–Crippen MR) is 66.2 cm³/mol. The third kappa shape index (κ3) is 2.44. The van der Waals surface area contributed by atoms with Crippen LogP contribution in [0.15, 0.2) is 12.4 Å². The van der Waals surface area contributed by atoms with Crippen LogP contribution in [0.5, 0.6) is 0 Å². The smallest absolute Gasteiger partial charge is 0.0521 e. The molecule has 3 atom stereocenters. The van der Waals surface area contributed by atoms with Crippen LogP contribution in [0.25, 0.3) is 0 Å². The van der Waals surface area contributed by atoms with Gasteiger partial charge in [0.25, 0.3) is 0 Å². The van der Waals surface area contributed by atoms with Crippen LogP contribution in [0.1, 0.15) is 32.3 Å². The first-order chi connectivity index (χ1) is 7.20. The number of rotatable bonds is 3. The first-order valence-electron chi connectivity index (χ1n) is 5.86. The lowest BCUT2D eigenvalue weighted by Gasteiger charge is -2.16. The molecule has 0 radical (unpaired) electrons. The molecule has 0 amide bonds. The molecule has 3 unspecified atom stereocenters. The van der Waals surface area contributed by atoms with Gasteiger partial charge in [-0.2, -0.15) is 5.10 Å². The van der Waals surface area contributed by atoms with E-state index >= 15 is 0 Å². The summed E-state index contributed by atoms with van der Waals surface area (Å²) in [6, 6.07) is 0. The van der Waals surface area contributed by atoms with Gasteiger partial charge in [-0.1, -0.05) is 22.9 Å². The lowest BCUT2D eigenvalue weighted by Crippen LogP contribution is -2.12. The van der Waals surface area contributed by atoms with Gasteiger partial charge in [0.05, 0.1) is 6.20 Å². The number of halogens is 1. The molecule has 1 aromatic rings. The number of nitrogens with zero attached hydrogens (tertiary/aromatic N) is 2. The van der Waals surface area contributed by atoms with E-state index in [1.807, 2.05) is 10.9 Å². The van der Waals surface area contributed by atoms with E-state index in [1.165, 1.54) is 24.8 Å². The predicted octanol–water partition coefficient (Wildman–Crippen LogP) is 3.26. The van der Waals surface area contributed by atoms with E-state index < -0.39 is 0 Å². The zero-order valence-electron chi connectivity index (χ0n) is 9.49. The molecule has 0 saturated heterocycles. The van der Waals surface area contributed by atoms with Gasteiger partial charge in [0.2, 0.25) is 0 Å². The maximum Gasteiger partial charge on any atom is 0.0521 e. The van der Waals surface area contributed by atoms with Gasteiger partial charge in [0.1, 0.15) is 0 Å². The molecule has 0 aliphatic heterocycles. The highest BCUT2D eigenvalue weighted by Crippen LogP contribution is 2.38. The highest BCUT2D eigenvalue weighted by atomic mass is 79.9. The third-order valence-corrected chi connectivity index (χ3v) is 4.93. The molecule has 15 heavy (non-hydrogen) atoms. The Morgan fingerprint density at radius 1 is 1.53 bits per heavy atom. The van der Waals surface area contributed by atoms with Crippen molar-refractivity contribution in [3.05, 3.63) is 18.0 Å². The standard InChI is InChI=1S/C12H19BrN2/c1-3-15-8-10(7-14-15)6-11-4-5-12(13)9(11)2/h7-9,11-12H,3-6H2,1-2H3. The van der Waals surface area contributed by atoms with Gasteiger partial charge in [-0.05, 0) is 43.6 Å². The molecular formula is C12H19BrN2. The van der Waals surface area contributed by atoms with Crippen LogP contribution >= 0.6 is 15.9 Å². The zero-order valence-corrected chi connectivity index (χ0v) is 11.1. The summed E-state index contributed by atoms with van der Waals surface area (Å²) in [5.74, 6) is 1.64. The molecule has 0 bridgehead atoms. The number of aromatic nitrogens is 2. The van der Waals surface area contributed by atoms with Gasteiger partial charge in [0, 0.05) is 17.6 Å². The molecule has 2 rings (SSSR count). The minimum absolute atomic E-state index is 0.726. The first kappa shape index (κ1) is 11.2. The summed E-state index contributed by atoms with van der Waals surface area (Å²) < 4.78 is 2.01. The zero-order chi connectivity index (χ0) is 10.8. The topological polar surface area (TPSA) is 17.8 Å². The quantitative estimate of drug-likeness (QED) is 0.772. The molecule has 1 aliphatic carbocycles. The minimum Gasteiger partial charge on any atom is -0.273 e. The van der Waals surface area contributed by atoms with E-state index in [1.54, 1.807) is 0 Å². The van der Waals surface area contributed by atoms with Crippen molar-refractivity contribution in [2.45, 2.75) is 44.5 Å². The molecule has 1 heterocycles. The van der Waals surface area contributed by atoms with E-state index in [2.05, 4.69) is 41.1 Å². The van der Waals surface area contributed by atoms with Crippen LogP contribution < -0.4 is 0 Å². The van der Waals surface area contributed by atoms with Crippen molar-refractivity contribution in [3.8, 4) is 0 Å². The van der Waals surface area contributed by atoms with Crippen LogP contribution in [0, 0.1) is 11.8 Å². The molecular weight excluding hydrogens is 252 g/mol. The Kier molecular flexibility index (Phi) is 3.49.